The zero-order chi connectivity index (χ0) is 12.3. The summed E-state index contributed by atoms with van der Waals surface area (Å²) in [5.41, 5.74) is 5.47. The Morgan fingerprint density at radius 1 is 1.47 bits per heavy atom. The van der Waals surface area contributed by atoms with Crippen molar-refractivity contribution in [2.24, 2.45) is 0 Å². The van der Waals surface area contributed by atoms with E-state index in [1.807, 2.05) is 0 Å². The lowest BCUT2D eigenvalue weighted by molar-refractivity contribution is -0.384. The van der Waals surface area contributed by atoms with Crippen molar-refractivity contribution >= 4 is 17.3 Å². The Morgan fingerprint density at radius 3 is 2.82 bits per heavy atom. The third-order valence-electron chi connectivity index (χ3n) is 2.61. The molecule has 0 aliphatic carbocycles. The van der Waals surface area contributed by atoms with Gasteiger partial charge < -0.3 is 15.8 Å². The molecule has 0 saturated carbocycles. The number of hydrogen-bond acceptors (Lipinski definition) is 6. The molecule has 7 heteroatoms. The number of aromatic nitrogens is 1. The minimum absolute atomic E-state index is 0.0490. The topological polar surface area (TPSA) is 103 Å². The molecule has 0 spiro atoms. The molecule has 0 radical (unpaired) electrons. The molecule has 3 N–H and O–H groups in total. The fraction of sp³-hybridized carbons (Fsp3) is 0.500. The molecule has 1 fully saturated rings. The Labute approximate surface area is 98.1 Å². The molecule has 0 unspecified atom stereocenters. The van der Waals surface area contributed by atoms with Crippen LogP contribution in [0.4, 0.5) is 17.3 Å². The number of hydrogen-bond donors (Lipinski definition) is 2. The largest absolute Gasteiger partial charge is 0.383 e. The maximum Gasteiger partial charge on any atom is 0.276 e. The van der Waals surface area contributed by atoms with Crippen LogP contribution >= 0.6 is 0 Å². The molecule has 1 aromatic rings. The van der Waals surface area contributed by atoms with E-state index in [1.54, 1.807) is 0 Å². The zero-order valence-electron chi connectivity index (χ0n) is 9.26. The van der Waals surface area contributed by atoms with Gasteiger partial charge in [0.05, 0.1) is 17.1 Å². The van der Waals surface area contributed by atoms with Gasteiger partial charge >= 0.3 is 0 Å². The van der Waals surface area contributed by atoms with E-state index in [0.29, 0.717) is 19.0 Å². The minimum atomic E-state index is -0.479. The van der Waals surface area contributed by atoms with E-state index >= 15 is 0 Å². The number of anilines is 2. The third-order valence-corrected chi connectivity index (χ3v) is 2.61. The number of nitrogens with one attached hydrogen (secondary N) is 1. The maximum absolute atomic E-state index is 10.7. The molecule has 0 bridgehead atoms. The second kappa shape index (κ2) is 4.96. The van der Waals surface area contributed by atoms with E-state index in [1.165, 1.54) is 12.1 Å². The predicted molar refractivity (Wildman–Crippen MR) is 62.8 cm³/mol. The van der Waals surface area contributed by atoms with E-state index in [2.05, 4.69) is 10.3 Å². The zero-order valence-corrected chi connectivity index (χ0v) is 9.26. The summed E-state index contributed by atoms with van der Waals surface area (Å²) in [6.45, 7) is 1.39. The number of nitrogen functional groups attached to an aromatic ring is 1. The van der Waals surface area contributed by atoms with Crippen LogP contribution in [0, 0.1) is 10.1 Å². The highest BCUT2D eigenvalue weighted by molar-refractivity contribution is 5.53. The molecule has 0 aromatic carbocycles. The fourth-order valence-electron chi connectivity index (χ4n) is 1.77. The van der Waals surface area contributed by atoms with Gasteiger partial charge in [0.25, 0.3) is 5.69 Å². The summed E-state index contributed by atoms with van der Waals surface area (Å²) in [6.07, 6.45) is 1.73. The molecule has 0 atom stereocenters. The average Bonchev–Trinajstić information content (AvgIpc) is 2.29. The smallest absolute Gasteiger partial charge is 0.276 e. The van der Waals surface area contributed by atoms with Crippen molar-refractivity contribution in [1.29, 1.82) is 0 Å². The van der Waals surface area contributed by atoms with Gasteiger partial charge in [-0.25, -0.2) is 4.98 Å². The van der Waals surface area contributed by atoms with Crippen molar-refractivity contribution in [2.45, 2.75) is 18.9 Å². The molecule has 2 rings (SSSR count). The van der Waals surface area contributed by atoms with Crippen molar-refractivity contribution in [3.05, 3.63) is 22.2 Å². The Bertz CT molecular complexity index is 418. The second-order valence-electron chi connectivity index (χ2n) is 3.92. The van der Waals surface area contributed by atoms with Crippen LogP contribution < -0.4 is 11.1 Å². The van der Waals surface area contributed by atoms with Crippen molar-refractivity contribution in [2.75, 3.05) is 24.3 Å². The first kappa shape index (κ1) is 11.6. The second-order valence-corrected chi connectivity index (χ2v) is 3.92. The summed E-state index contributed by atoms with van der Waals surface area (Å²) in [5, 5.41) is 13.8. The number of pyridine rings is 1. The first-order chi connectivity index (χ1) is 8.15. The van der Waals surface area contributed by atoms with Crippen LogP contribution in [0.3, 0.4) is 0 Å². The van der Waals surface area contributed by atoms with Gasteiger partial charge in [0.15, 0.2) is 0 Å². The van der Waals surface area contributed by atoms with Gasteiger partial charge in [-0.05, 0) is 12.8 Å². The normalized spacial score (nSPS) is 16.7. The SMILES string of the molecule is Nc1cc([N+](=O)[O-])cc(NC2CCOCC2)n1. The molecule has 2 heterocycles. The monoisotopic (exact) mass is 238 g/mol. The Kier molecular flexibility index (Phi) is 3.38. The molecular formula is C10H14N4O3. The first-order valence-electron chi connectivity index (χ1n) is 5.41. The molecular weight excluding hydrogens is 224 g/mol. The number of rotatable bonds is 3. The summed E-state index contributed by atoms with van der Waals surface area (Å²) < 4.78 is 5.23. The predicted octanol–water partition coefficient (Wildman–Crippen LogP) is 1.16. The number of nitrogens with zero attached hydrogens (tertiary/aromatic N) is 2. The maximum atomic E-state index is 10.7. The quantitative estimate of drug-likeness (QED) is 0.605. The van der Waals surface area contributed by atoms with Gasteiger partial charge in [0.1, 0.15) is 11.6 Å². The van der Waals surface area contributed by atoms with Gasteiger partial charge in [0.2, 0.25) is 0 Å². The van der Waals surface area contributed by atoms with Crippen LogP contribution in [0.1, 0.15) is 12.8 Å². The molecule has 1 aromatic heterocycles. The highest BCUT2D eigenvalue weighted by Gasteiger charge is 2.16. The Morgan fingerprint density at radius 2 is 2.18 bits per heavy atom. The van der Waals surface area contributed by atoms with Gasteiger partial charge in [-0.15, -0.1) is 0 Å². The number of nitrogens with two attached hydrogens (primary N) is 1. The Hall–Kier alpha value is -1.89. The number of ether oxygens (including phenoxy) is 1. The standard InChI is InChI=1S/C10H14N4O3/c11-9-5-8(14(15)16)6-10(13-9)12-7-1-3-17-4-2-7/h5-7H,1-4H2,(H3,11,12,13). The van der Waals surface area contributed by atoms with E-state index in [9.17, 15) is 10.1 Å². The molecule has 1 aliphatic heterocycles. The van der Waals surface area contributed by atoms with Crippen LogP contribution in [-0.2, 0) is 4.74 Å². The molecule has 7 nitrogen and oxygen atoms in total. The van der Waals surface area contributed by atoms with Crippen molar-refractivity contribution in [3.8, 4) is 0 Å². The highest BCUT2D eigenvalue weighted by Crippen LogP contribution is 2.21. The van der Waals surface area contributed by atoms with Crippen LogP contribution in [0.25, 0.3) is 0 Å². The molecule has 0 amide bonds. The lowest BCUT2D eigenvalue weighted by Crippen LogP contribution is -2.28. The van der Waals surface area contributed by atoms with E-state index in [-0.39, 0.29) is 17.5 Å². The average molecular weight is 238 g/mol. The van der Waals surface area contributed by atoms with E-state index in [4.69, 9.17) is 10.5 Å². The number of nitro groups is 1. The molecule has 92 valence electrons. The van der Waals surface area contributed by atoms with Crippen LogP contribution in [0.15, 0.2) is 12.1 Å². The minimum Gasteiger partial charge on any atom is -0.383 e. The fourth-order valence-corrected chi connectivity index (χ4v) is 1.77. The van der Waals surface area contributed by atoms with Gasteiger partial charge in [-0.1, -0.05) is 0 Å². The van der Waals surface area contributed by atoms with Crippen molar-refractivity contribution in [3.63, 3.8) is 0 Å². The van der Waals surface area contributed by atoms with Crippen LogP contribution in [0.2, 0.25) is 0 Å². The van der Waals surface area contributed by atoms with Gasteiger partial charge in [-0.3, -0.25) is 10.1 Å². The van der Waals surface area contributed by atoms with Crippen LogP contribution in [0.5, 0.6) is 0 Å². The highest BCUT2D eigenvalue weighted by atomic mass is 16.6. The summed E-state index contributed by atoms with van der Waals surface area (Å²) in [4.78, 5) is 14.2. The lowest BCUT2D eigenvalue weighted by Gasteiger charge is -2.23. The Balaban J connectivity index is 2.11. The van der Waals surface area contributed by atoms with E-state index < -0.39 is 4.92 Å². The summed E-state index contributed by atoms with van der Waals surface area (Å²) in [7, 11) is 0. The molecule has 1 aliphatic rings. The first-order valence-corrected chi connectivity index (χ1v) is 5.41. The summed E-state index contributed by atoms with van der Waals surface area (Å²) >= 11 is 0. The summed E-state index contributed by atoms with van der Waals surface area (Å²) in [5.74, 6) is 0.595. The molecule has 17 heavy (non-hydrogen) atoms. The summed E-state index contributed by atoms with van der Waals surface area (Å²) in [6, 6.07) is 2.87. The van der Waals surface area contributed by atoms with Gasteiger partial charge in [0, 0.05) is 19.3 Å². The molecule has 1 saturated heterocycles. The van der Waals surface area contributed by atoms with Crippen molar-refractivity contribution in [1.82, 2.24) is 4.98 Å². The third kappa shape index (κ3) is 3.04. The van der Waals surface area contributed by atoms with E-state index in [0.717, 1.165) is 12.8 Å². The van der Waals surface area contributed by atoms with Gasteiger partial charge in [-0.2, -0.15) is 0 Å². The van der Waals surface area contributed by atoms with Crippen LogP contribution in [-0.4, -0.2) is 29.2 Å². The van der Waals surface area contributed by atoms with Crippen molar-refractivity contribution < 1.29 is 9.66 Å². The lowest BCUT2D eigenvalue weighted by atomic mass is 10.1.